The fourth-order valence-corrected chi connectivity index (χ4v) is 1.65. The van der Waals surface area contributed by atoms with E-state index in [0.29, 0.717) is 17.6 Å². The smallest absolute Gasteiger partial charge is 0.245 e. The first-order valence-corrected chi connectivity index (χ1v) is 5.74. The van der Waals surface area contributed by atoms with Gasteiger partial charge >= 0.3 is 0 Å². The van der Waals surface area contributed by atoms with Gasteiger partial charge in [0.15, 0.2) is 5.82 Å². The minimum atomic E-state index is -0.515. The van der Waals surface area contributed by atoms with Crippen LogP contribution in [0.4, 0.5) is 14.5 Å². The van der Waals surface area contributed by atoms with E-state index in [2.05, 4.69) is 15.5 Å². The van der Waals surface area contributed by atoms with Gasteiger partial charge in [0.05, 0.1) is 12.2 Å². The fourth-order valence-electron chi connectivity index (χ4n) is 1.65. The molecule has 1 N–H and O–H groups in total. The first-order chi connectivity index (χ1) is 8.72. The standard InChI is InChI=1S/C12H11F2N3O/c13-8-3-4-9(14)10(5-8)15-6-11-16-12(17-18-11)7-1-2-7/h3-5,7,15H,1-2,6H2. The summed E-state index contributed by atoms with van der Waals surface area (Å²) in [5, 5.41) is 6.57. The fraction of sp³-hybridized carbons (Fsp3) is 0.333. The van der Waals surface area contributed by atoms with Gasteiger partial charge in [-0.15, -0.1) is 0 Å². The summed E-state index contributed by atoms with van der Waals surface area (Å²) in [5.41, 5.74) is 0.0844. The number of hydrogen-bond acceptors (Lipinski definition) is 4. The zero-order chi connectivity index (χ0) is 12.5. The highest BCUT2D eigenvalue weighted by Crippen LogP contribution is 2.38. The lowest BCUT2D eigenvalue weighted by atomic mass is 10.3. The van der Waals surface area contributed by atoms with Crippen LogP contribution in [0.3, 0.4) is 0 Å². The third-order valence-electron chi connectivity index (χ3n) is 2.78. The molecule has 2 aromatic rings. The first kappa shape index (κ1) is 11.1. The van der Waals surface area contributed by atoms with Gasteiger partial charge in [0.2, 0.25) is 5.89 Å². The number of benzene rings is 1. The van der Waals surface area contributed by atoms with Crippen LogP contribution < -0.4 is 5.32 Å². The number of halogens is 2. The Balaban J connectivity index is 1.67. The number of hydrogen-bond donors (Lipinski definition) is 1. The summed E-state index contributed by atoms with van der Waals surface area (Å²) in [5.74, 6) is 0.474. The van der Waals surface area contributed by atoms with Gasteiger partial charge in [0, 0.05) is 5.92 Å². The first-order valence-electron chi connectivity index (χ1n) is 5.74. The highest BCUT2D eigenvalue weighted by Gasteiger charge is 2.28. The van der Waals surface area contributed by atoms with Crippen molar-refractivity contribution in [3.05, 3.63) is 41.5 Å². The Bertz CT molecular complexity index is 566. The number of rotatable bonds is 4. The number of nitrogens with zero attached hydrogens (tertiary/aromatic N) is 2. The van der Waals surface area contributed by atoms with Crippen molar-refractivity contribution in [3.63, 3.8) is 0 Å². The van der Waals surface area contributed by atoms with Crippen molar-refractivity contribution in [2.24, 2.45) is 0 Å². The molecule has 0 aliphatic heterocycles. The van der Waals surface area contributed by atoms with Crippen LogP contribution in [0.1, 0.15) is 30.5 Å². The molecule has 1 aliphatic rings. The predicted octanol–water partition coefficient (Wildman–Crippen LogP) is 2.84. The van der Waals surface area contributed by atoms with E-state index >= 15 is 0 Å². The molecule has 1 fully saturated rings. The maximum absolute atomic E-state index is 13.3. The van der Waals surface area contributed by atoms with Crippen molar-refractivity contribution >= 4 is 5.69 Å². The molecular formula is C12H11F2N3O. The minimum Gasteiger partial charge on any atom is -0.374 e. The van der Waals surface area contributed by atoms with Crippen LogP contribution in [0, 0.1) is 11.6 Å². The van der Waals surface area contributed by atoms with Crippen molar-refractivity contribution in [3.8, 4) is 0 Å². The second-order valence-electron chi connectivity index (χ2n) is 4.30. The molecule has 1 aliphatic carbocycles. The van der Waals surface area contributed by atoms with Crippen molar-refractivity contribution in [2.45, 2.75) is 25.3 Å². The number of anilines is 1. The normalized spacial score (nSPS) is 14.8. The summed E-state index contributed by atoms with van der Waals surface area (Å²) in [6, 6.07) is 3.23. The van der Waals surface area contributed by atoms with Gasteiger partial charge in [-0.25, -0.2) is 8.78 Å². The van der Waals surface area contributed by atoms with Crippen molar-refractivity contribution in [1.29, 1.82) is 0 Å². The molecule has 0 bridgehead atoms. The van der Waals surface area contributed by atoms with Gasteiger partial charge in [0.25, 0.3) is 0 Å². The molecule has 4 nitrogen and oxygen atoms in total. The summed E-state index contributed by atoms with van der Waals surface area (Å²) in [7, 11) is 0. The van der Waals surface area contributed by atoms with Crippen LogP contribution in [0.5, 0.6) is 0 Å². The Hall–Kier alpha value is -1.98. The summed E-state index contributed by atoms with van der Waals surface area (Å²) < 4.78 is 31.3. The summed E-state index contributed by atoms with van der Waals surface area (Å²) in [6.07, 6.45) is 2.18. The van der Waals surface area contributed by atoms with E-state index in [0.717, 1.165) is 31.0 Å². The van der Waals surface area contributed by atoms with Crippen LogP contribution in [-0.2, 0) is 6.54 Å². The molecule has 0 spiro atoms. The molecule has 1 heterocycles. The largest absolute Gasteiger partial charge is 0.374 e. The van der Waals surface area contributed by atoms with Crippen LogP contribution in [0.2, 0.25) is 0 Å². The van der Waals surface area contributed by atoms with E-state index < -0.39 is 11.6 Å². The van der Waals surface area contributed by atoms with E-state index in [1.165, 1.54) is 0 Å². The lowest BCUT2D eigenvalue weighted by Crippen LogP contribution is -2.02. The maximum Gasteiger partial charge on any atom is 0.245 e. The summed E-state index contributed by atoms with van der Waals surface area (Å²) in [6.45, 7) is 0.181. The Morgan fingerprint density at radius 1 is 1.33 bits per heavy atom. The molecule has 94 valence electrons. The van der Waals surface area contributed by atoms with Crippen LogP contribution in [-0.4, -0.2) is 10.1 Å². The highest BCUT2D eigenvalue weighted by atomic mass is 19.1. The molecule has 6 heteroatoms. The van der Waals surface area contributed by atoms with E-state index in [1.807, 2.05) is 0 Å². The molecule has 1 saturated carbocycles. The molecule has 0 saturated heterocycles. The average Bonchev–Trinajstić information content (AvgIpc) is 3.10. The average molecular weight is 251 g/mol. The molecule has 1 aromatic heterocycles. The van der Waals surface area contributed by atoms with E-state index in [1.54, 1.807) is 0 Å². The third-order valence-corrected chi connectivity index (χ3v) is 2.78. The van der Waals surface area contributed by atoms with Crippen LogP contribution in [0.25, 0.3) is 0 Å². The number of nitrogens with one attached hydrogen (secondary N) is 1. The molecule has 18 heavy (non-hydrogen) atoms. The van der Waals surface area contributed by atoms with Crippen LogP contribution >= 0.6 is 0 Å². The Kier molecular flexibility index (Phi) is 2.70. The van der Waals surface area contributed by atoms with Crippen molar-refractivity contribution in [2.75, 3.05) is 5.32 Å². The minimum absolute atomic E-state index is 0.0844. The SMILES string of the molecule is Fc1ccc(F)c(NCc2nc(C3CC3)no2)c1. The monoisotopic (exact) mass is 251 g/mol. The molecule has 0 radical (unpaired) electrons. The molecule has 0 atom stereocenters. The molecule has 0 amide bonds. The Morgan fingerprint density at radius 2 is 2.17 bits per heavy atom. The van der Waals surface area contributed by atoms with Gasteiger partial charge in [-0.2, -0.15) is 4.98 Å². The zero-order valence-corrected chi connectivity index (χ0v) is 9.49. The van der Waals surface area contributed by atoms with Gasteiger partial charge < -0.3 is 9.84 Å². The van der Waals surface area contributed by atoms with Crippen LogP contribution in [0.15, 0.2) is 22.7 Å². The Labute approximate surface area is 102 Å². The topological polar surface area (TPSA) is 51.0 Å². The van der Waals surface area contributed by atoms with Crippen molar-refractivity contribution < 1.29 is 13.3 Å². The van der Waals surface area contributed by atoms with Gasteiger partial charge in [0.1, 0.15) is 11.6 Å². The lowest BCUT2D eigenvalue weighted by molar-refractivity contribution is 0.377. The summed E-state index contributed by atoms with van der Waals surface area (Å²) >= 11 is 0. The highest BCUT2D eigenvalue weighted by molar-refractivity contribution is 5.44. The molecular weight excluding hydrogens is 240 g/mol. The lowest BCUT2D eigenvalue weighted by Gasteiger charge is -2.04. The molecule has 1 aromatic carbocycles. The van der Waals surface area contributed by atoms with Gasteiger partial charge in [-0.1, -0.05) is 5.16 Å². The summed E-state index contributed by atoms with van der Waals surface area (Å²) in [4.78, 5) is 4.18. The van der Waals surface area contributed by atoms with Gasteiger partial charge in [-0.3, -0.25) is 0 Å². The quantitative estimate of drug-likeness (QED) is 0.907. The molecule has 3 rings (SSSR count). The van der Waals surface area contributed by atoms with Gasteiger partial charge in [-0.05, 0) is 31.0 Å². The van der Waals surface area contributed by atoms with E-state index in [4.69, 9.17) is 4.52 Å². The molecule has 0 unspecified atom stereocenters. The van der Waals surface area contributed by atoms with E-state index in [9.17, 15) is 8.78 Å². The zero-order valence-electron chi connectivity index (χ0n) is 9.49. The predicted molar refractivity (Wildman–Crippen MR) is 60.0 cm³/mol. The van der Waals surface area contributed by atoms with Crippen molar-refractivity contribution in [1.82, 2.24) is 10.1 Å². The van der Waals surface area contributed by atoms with E-state index in [-0.39, 0.29) is 12.2 Å². The second kappa shape index (κ2) is 4.36. The Morgan fingerprint density at radius 3 is 2.94 bits per heavy atom. The number of aromatic nitrogens is 2. The third kappa shape index (κ3) is 2.32. The second-order valence-corrected chi connectivity index (χ2v) is 4.30. The maximum atomic E-state index is 13.3.